The van der Waals surface area contributed by atoms with Crippen LogP contribution in [0.3, 0.4) is 0 Å². The quantitative estimate of drug-likeness (QED) is 0.779. The number of hydrogen-bond donors (Lipinski definition) is 1. The van der Waals surface area contributed by atoms with Crippen LogP contribution in [0.4, 0.5) is 0 Å². The van der Waals surface area contributed by atoms with Crippen molar-refractivity contribution in [3.05, 3.63) is 23.7 Å². The zero-order valence-corrected chi connectivity index (χ0v) is 15.8. The minimum absolute atomic E-state index is 0.262. The molecule has 4 nitrogen and oxygen atoms in total. The highest BCUT2D eigenvalue weighted by molar-refractivity contribution is 5.78. The molecule has 4 rings (SSSR count). The number of carbonyl (C=O) groups excluding carboxylic acids is 1. The number of esters is 1. The first kappa shape index (κ1) is 17.1. The Morgan fingerprint density at radius 1 is 1.32 bits per heavy atom. The van der Waals surface area contributed by atoms with Crippen LogP contribution >= 0.6 is 0 Å². The van der Waals surface area contributed by atoms with E-state index in [2.05, 4.69) is 19.9 Å². The Hall–Kier alpha value is -1.29. The van der Waals surface area contributed by atoms with Crippen molar-refractivity contribution in [2.24, 2.45) is 22.7 Å². The first-order chi connectivity index (χ1) is 11.8. The van der Waals surface area contributed by atoms with Gasteiger partial charge in [-0.15, -0.1) is 0 Å². The summed E-state index contributed by atoms with van der Waals surface area (Å²) in [5.41, 5.74) is -0.805. The maximum atomic E-state index is 12.7. The number of ether oxygens (including phenoxy) is 1. The van der Waals surface area contributed by atoms with E-state index in [-0.39, 0.29) is 11.4 Å². The average Bonchev–Trinajstić information content (AvgIpc) is 3.06. The maximum Gasteiger partial charge on any atom is 0.314 e. The molecule has 25 heavy (non-hydrogen) atoms. The lowest BCUT2D eigenvalue weighted by molar-refractivity contribution is -0.248. The van der Waals surface area contributed by atoms with Crippen LogP contribution in [0.25, 0.3) is 0 Å². The number of furan rings is 1. The van der Waals surface area contributed by atoms with Gasteiger partial charge in [-0.25, -0.2) is 0 Å². The van der Waals surface area contributed by atoms with Crippen molar-refractivity contribution >= 4 is 5.97 Å². The number of fused-ring (bicyclic) bond motifs is 4. The molecule has 0 bridgehead atoms. The van der Waals surface area contributed by atoms with Crippen molar-refractivity contribution in [1.29, 1.82) is 0 Å². The molecule has 3 aliphatic carbocycles. The molecule has 138 valence electrons. The topological polar surface area (TPSA) is 59.7 Å². The van der Waals surface area contributed by atoms with Crippen LogP contribution in [0, 0.1) is 22.7 Å². The fourth-order valence-corrected chi connectivity index (χ4v) is 6.78. The molecule has 6 atom stereocenters. The van der Waals surface area contributed by atoms with Crippen molar-refractivity contribution in [1.82, 2.24) is 0 Å². The Kier molecular flexibility index (Phi) is 3.67. The molecule has 2 fully saturated rings. The standard InChI is InChI=1S/C21H30O4/c1-13-14-6-10-21(23)19(2,8-5-9-20(21,3)18(22)24-4)16(14)12-17-15(13)7-11-25-17/h7,11,13-14,16,23H,5-6,8-10,12H2,1-4H3/t13-,14-,16-,19-,20-,21+/m1/s1. The molecule has 0 radical (unpaired) electrons. The maximum absolute atomic E-state index is 12.7. The molecule has 1 aromatic rings. The summed E-state index contributed by atoms with van der Waals surface area (Å²) in [5, 5.41) is 12.0. The Labute approximate surface area is 149 Å². The molecule has 0 aliphatic heterocycles. The number of rotatable bonds is 1. The van der Waals surface area contributed by atoms with Crippen molar-refractivity contribution in [2.45, 2.75) is 70.8 Å². The first-order valence-corrected chi connectivity index (χ1v) is 9.65. The fraction of sp³-hybridized carbons (Fsp3) is 0.762. The fourth-order valence-electron chi connectivity index (χ4n) is 6.78. The summed E-state index contributed by atoms with van der Waals surface area (Å²) < 4.78 is 10.9. The molecule has 0 saturated heterocycles. The van der Waals surface area contributed by atoms with Gasteiger partial charge in [-0.05, 0) is 62.0 Å². The van der Waals surface area contributed by atoms with Crippen LogP contribution in [0.2, 0.25) is 0 Å². The van der Waals surface area contributed by atoms with Gasteiger partial charge in [0.25, 0.3) is 0 Å². The van der Waals surface area contributed by atoms with E-state index in [0.717, 1.165) is 31.4 Å². The van der Waals surface area contributed by atoms with E-state index in [9.17, 15) is 9.90 Å². The second-order valence-corrected chi connectivity index (χ2v) is 9.06. The zero-order valence-electron chi connectivity index (χ0n) is 15.8. The summed E-state index contributed by atoms with van der Waals surface area (Å²) in [5.74, 6) is 2.13. The van der Waals surface area contributed by atoms with Crippen LogP contribution in [0.1, 0.15) is 70.1 Å². The van der Waals surface area contributed by atoms with Gasteiger partial charge in [0.05, 0.1) is 24.4 Å². The van der Waals surface area contributed by atoms with Gasteiger partial charge in [0.15, 0.2) is 0 Å². The molecule has 1 heterocycles. The minimum Gasteiger partial charge on any atom is -0.469 e. The number of hydrogen-bond acceptors (Lipinski definition) is 4. The smallest absolute Gasteiger partial charge is 0.314 e. The summed E-state index contributed by atoms with van der Waals surface area (Å²) in [4.78, 5) is 12.7. The SMILES string of the molecule is COC(=O)[C@@]1(C)CCC[C@]2(C)[C@@H]3Cc4occc4[C@H](C)[C@H]3CC[C@@]12O. The Morgan fingerprint density at radius 3 is 2.80 bits per heavy atom. The van der Waals surface area contributed by atoms with E-state index in [4.69, 9.17) is 9.15 Å². The molecule has 3 aliphatic rings. The van der Waals surface area contributed by atoms with Crippen molar-refractivity contribution in [2.75, 3.05) is 7.11 Å². The molecule has 4 heteroatoms. The summed E-state index contributed by atoms with van der Waals surface area (Å²) in [6.45, 7) is 6.42. The zero-order chi connectivity index (χ0) is 18.0. The highest BCUT2D eigenvalue weighted by atomic mass is 16.5. The van der Waals surface area contributed by atoms with Crippen LogP contribution in [-0.2, 0) is 16.0 Å². The molecule has 0 aromatic carbocycles. The van der Waals surface area contributed by atoms with E-state index in [0.29, 0.717) is 30.6 Å². The summed E-state index contributed by atoms with van der Waals surface area (Å²) in [6, 6.07) is 2.11. The lowest BCUT2D eigenvalue weighted by atomic mass is 9.41. The van der Waals surface area contributed by atoms with Crippen molar-refractivity contribution < 1.29 is 19.1 Å². The Balaban J connectivity index is 1.80. The van der Waals surface area contributed by atoms with Crippen LogP contribution < -0.4 is 0 Å². The lowest BCUT2D eigenvalue weighted by Gasteiger charge is -2.65. The second kappa shape index (κ2) is 5.35. The number of methoxy groups -OCH3 is 1. The van der Waals surface area contributed by atoms with E-state index < -0.39 is 11.0 Å². The van der Waals surface area contributed by atoms with Crippen molar-refractivity contribution in [3.8, 4) is 0 Å². The minimum atomic E-state index is -1.02. The summed E-state index contributed by atoms with van der Waals surface area (Å²) >= 11 is 0. The number of aliphatic hydroxyl groups is 1. The molecular weight excluding hydrogens is 316 g/mol. The van der Waals surface area contributed by atoms with Gasteiger partial charge < -0.3 is 14.3 Å². The third kappa shape index (κ3) is 1.95. The third-order valence-electron chi connectivity index (χ3n) is 8.36. The largest absolute Gasteiger partial charge is 0.469 e. The van der Waals surface area contributed by atoms with E-state index in [1.165, 1.54) is 12.7 Å². The van der Waals surface area contributed by atoms with E-state index in [1.807, 2.05) is 6.92 Å². The van der Waals surface area contributed by atoms with Crippen LogP contribution in [0.15, 0.2) is 16.7 Å². The van der Waals surface area contributed by atoms with Crippen molar-refractivity contribution in [3.63, 3.8) is 0 Å². The number of carbonyl (C=O) groups is 1. The van der Waals surface area contributed by atoms with Gasteiger partial charge in [0.2, 0.25) is 0 Å². The average molecular weight is 346 g/mol. The molecule has 0 spiro atoms. The van der Waals surface area contributed by atoms with E-state index >= 15 is 0 Å². The molecule has 1 N–H and O–H groups in total. The second-order valence-electron chi connectivity index (χ2n) is 9.06. The Morgan fingerprint density at radius 2 is 2.08 bits per heavy atom. The Bertz CT molecular complexity index is 694. The molecule has 1 aromatic heterocycles. The van der Waals surface area contributed by atoms with Gasteiger partial charge in [-0.2, -0.15) is 0 Å². The lowest BCUT2D eigenvalue weighted by Crippen LogP contribution is -2.69. The predicted octanol–water partition coefficient (Wildman–Crippen LogP) is 4.07. The van der Waals surface area contributed by atoms with Crippen LogP contribution in [0.5, 0.6) is 0 Å². The predicted molar refractivity (Wildman–Crippen MR) is 94.1 cm³/mol. The monoisotopic (exact) mass is 346 g/mol. The normalized spacial score (nSPS) is 45.9. The summed E-state index contributed by atoms with van der Waals surface area (Å²) in [6.07, 6.45) is 6.90. The first-order valence-electron chi connectivity index (χ1n) is 9.65. The van der Waals surface area contributed by atoms with Gasteiger partial charge in [-0.3, -0.25) is 4.79 Å². The third-order valence-corrected chi connectivity index (χ3v) is 8.36. The summed E-state index contributed by atoms with van der Waals surface area (Å²) in [7, 11) is 1.44. The highest BCUT2D eigenvalue weighted by Crippen LogP contribution is 2.67. The highest BCUT2D eigenvalue weighted by Gasteiger charge is 2.69. The molecule has 0 unspecified atom stereocenters. The van der Waals surface area contributed by atoms with Gasteiger partial charge >= 0.3 is 5.97 Å². The van der Waals surface area contributed by atoms with Crippen LogP contribution in [-0.4, -0.2) is 23.8 Å². The van der Waals surface area contributed by atoms with E-state index in [1.54, 1.807) is 6.26 Å². The van der Waals surface area contributed by atoms with Gasteiger partial charge in [-0.1, -0.05) is 20.3 Å². The van der Waals surface area contributed by atoms with Gasteiger partial charge in [0.1, 0.15) is 5.76 Å². The molecular formula is C21H30O4. The molecule has 2 saturated carbocycles. The molecule has 0 amide bonds. The van der Waals surface area contributed by atoms with Gasteiger partial charge in [0, 0.05) is 11.8 Å².